The Labute approximate surface area is 306 Å². The number of nitrogens with one attached hydrogen (secondary N) is 2. The van der Waals surface area contributed by atoms with E-state index in [0.29, 0.717) is 22.7 Å². The molecule has 0 radical (unpaired) electrons. The summed E-state index contributed by atoms with van der Waals surface area (Å²) >= 11 is 2.82. The van der Waals surface area contributed by atoms with Gasteiger partial charge in [-0.3, -0.25) is 24.1 Å². The van der Waals surface area contributed by atoms with E-state index in [1.165, 1.54) is 16.2 Å². The van der Waals surface area contributed by atoms with E-state index in [2.05, 4.69) is 10.3 Å². The molecule has 2 saturated carbocycles. The number of esters is 1. The Morgan fingerprint density at radius 3 is 2.44 bits per heavy atom. The van der Waals surface area contributed by atoms with E-state index >= 15 is 0 Å². The second-order valence-electron chi connectivity index (χ2n) is 13.7. The summed E-state index contributed by atoms with van der Waals surface area (Å²) in [5, 5.41) is 5.86. The van der Waals surface area contributed by atoms with Crippen LogP contribution in [0.25, 0.3) is 10.8 Å². The van der Waals surface area contributed by atoms with Gasteiger partial charge in [0, 0.05) is 21.7 Å². The maximum Gasteiger partial charge on any atom is 0.338 e. The van der Waals surface area contributed by atoms with Crippen molar-refractivity contribution in [1.29, 1.82) is 0 Å². The van der Waals surface area contributed by atoms with Crippen molar-refractivity contribution in [2.75, 3.05) is 23.4 Å². The van der Waals surface area contributed by atoms with Gasteiger partial charge in [-0.05, 0) is 96.0 Å². The summed E-state index contributed by atoms with van der Waals surface area (Å²) in [7, 11) is 0. The Morgan fingerprint density at radius 1 is 0.885 bits per heavy atom. The lowest BCUT2D eigenvalue weighted by molar-refractivity contribution is -0.123. The molecule has 4 aliphatic rings. The van der Waals surface area contributed by atoms with Crippen LogP contribution in [-0.4, -0.2) is 47.1 Å². The molecule has 0 spiro atoms. The summed E-state index contributed by atoms with van der Waals surface area (Å²) in [6, 6.07) is 27.7. The van der Waals surface area contributed by atoms with E-state index < -0.39 is 17.8 Å². The van der Waals surface area contributed by atoms with Gasteiger partial charge in [-0.15, -0.1) is 11.8 Å². The van der Waals surface area contributed by atoms with Gasteiger partial charge in [-0.25, -0.2) is 4.79 Å². The van der Waals surface area contributed by atoms with Crippen LogP contribution in [0.4, 0.5) is 11.4 Å². The number of thioether (sulfide) groups is 1. The lowest BCUT2D eigenvalue weighted by Crippen LogP contribution is -2.42. The molecule has 2 aliphatic heterocycles. The number of anilines is 2. The molecule has 2 aliphatic carbocycles. The summed E-state index contributed by atoms with van der Waals surface area (Å²) in [6.07, 6.45) is 0.756. The van der Waals surface area contributed by atoms with Crippen LogP contribution >= 0.6 is 23.1 Å². The van der Waals surface area contributed by atoms with Crippen LogP contribution in [0, 0.1) is 29.6 Å². The van der Waals surface area contributed by atoms with Crippen molar-refractivity contribution in [1.82, 2.24) is 4.98 Å². The summed E-state index contributed by atoms with van der Waals surface area (Å²) in [5.41, 5.74) is 2.42. The van der Waals surface area contributed by atoms with Crippen molar-refractivity contribution < 1.29 is 28.7 Å². The topological polar surface area (TPSA) is 135 Å². The number of imide groups is 1. The van der Waals surface area contributed by atoms with Gasteiger partial charge in [0.05, 0.1) is 34.7 Å². The highest BCUT2D eigenvalue weighted by molar-refractivity contribution is 8.00. The average molecular weight is 732 g/mol. The molecule has 1 aromatic heterocycles. The normalized spacial score (nSPS) is 25.5. The van der Waals surface area contributed by atoms with E-state index in [4.69, 9.17) is 9.47 Å². The molecule has 3 heterocycles. The molecule has 52 heavy (non-hydrogen) atoms. The third-order valence-electron chi connectivity index (χ3n) is 11.0. The zero-order valence-corrected chi connectivity index (χ0v) is 29.6. The van der Waals surface area contributed by atoms with Crippen LogP contribution in [0.5, 0.6) is 5.75 Å². The summed E-state index contributed by atoms with van der Waals surface area (Å²) in [5.74, 6) is -1.86. The average Bonchev–Trinajstić information content (AvgIpc) is 3.89. The maximum atomic E-state index is 14.2. The SMILES string of the molecule is CCOC(=O)c1ccc(N2C(=O)[C@H]3[C@H]4C[C@@H]([C@@H]3C2=O)[C@@H]2[C@H](c3cccc(OCC(=O)Nc5ccc6ccccc6c5)c3)c3sc(=O)[nH]c3S[C@H]42)cc1. The van der Waals surface area contributed by atoms with E-state index in [9.17, 15) is 24.0 Å². The fourth-order valence-corrected chi connectivity index (χ4v) is 11.9. The molecular formula is C40H33N3O7S2. The molecule has 12 heteroatoms. The number of thiazole rings is 1. The van der Waals surface area contributed by atoms with Gasteiger partial charge < -0.3 is 19.8 Å². The van der Waals surface area contributed by atoms with Crippen LogP contribution in [0.2, 0.25) is 0 Å². The van der Waals surface area contributed by atoms with Gasteiger partial charge in [-0.2, -0.15) is 0 Å². The first-order valence-electron chi connectivity index (χ1n) is 17.3. The number of aromatic amines is 1. The predicted octanol–water partition coefficient (Wildman–Crippen LogP) is 6.46. The maximum absolute atomic E-state index is 14.2. The van der Waals surface area contributed by atoms with Crippen molar-refractivity contribution in [2.45, 2.75) is 29.5 Å². The molecule has 2 N–H and O–H groups in total. The standard InChI is InChI=1S/C40H33N3O7S2/c1-2-49-39(47)21-11-14-25(15-12-21)43-37(45)32-27-18-28(33(32)38(43)46)34-31(27)30(35-36(51-34)42-40(48)52-35)23-8-5-9-26(17-23)50-19-29(44)41-24-13-10-20-6-3-4-7-22(20)16-24/h3-17,27-28,30-34H,2,18-19H2,1H3,(H,41,44)(H,42,48)/t27-,28-,30+,31-,32+,33+,34-/m1/s1. The quantitative estimate of drug-likeness (QED) is 0.137. The fourth-order valence-electron chi connectivity index (χ4n) is 9.02. The van der Waals surface area contributed by atoms with Crippen molar-refractivity contribution >= 4 is 68.9 Å². The van der Waals surface area contributed by atoms with Crippen LogP contribution < -0.4 is 19.8 Å². The van der Waals surface area contributed by atoms with Crippen LogP contribution in [0.15, 0.2) is 101 Å². The molecule has 10 nitrogen and oxygen atoms in total. The molecule has 5 aromatic rings. The highest BCUT2D eigenvalue weighted by Crippen LogP contribution is 2.68. The molecule has 2 bridgehead atoms. The Kier molecular flexibility index (Phi) is 8.04. The summed E-state index contributed by atoms with van der Waals surface area (Å²) in [6.45, 7) is 1.80. The zero-order chi connectivity index (χ0) is 35.7. The van der Waals surface area contributed by atoms with Gasteiger partial charge in [0.2, 0.25) is 11.8 Å². The van der Waals surface area contributed by atoms with Gasteiger partial charge in [0.15, 0.2) is 6.61 Å². The molecule has 4 aromatic carbocycles. The molecule has 3 fully saturated rings. The number of nitrogens with zero attached hydrogens (tertiary/aromatic N) is 1. The monoisotopic (exact) mass is 731 g/mol. The van der Waals surface area contributed by atoms with Gasteiger partial charge in [-0.1, -0.05) is 53.8 Å². The number of ether oxygens (including phenoxy) is 2. The second-order valence-corrected chi connectivity index (χ2v) is 15.9. The van der Waals surface area contributed by atoms with E-state index in [-0.39, 0.29) is 64.7 Å². The van der Waals surface area contributed by atoms with E-state index in [1.807, 2.05) is 66.7 Å². The van der Waals surface area contributed by atoms with Gasteiger partial charge in [0.1, 0.15) is 5.75 Å². The molecular weight excluding hydrogens is 699 g/mol. The van der Waals surface area contributed by atoms with Crippen molar-refractivity contribution in [3.63, 3.8) is 0 Å². The molecule has 0 unspecified atom stereocenters. The number of benzene rings is 4. The fraction of sp³-hybridized carbons (Fsp3) is 0.275. The minimum atomic E-state index is -0.470. The van der Waals surface area contributed by atoms with Crippen molar-refractivity contribution in [3.05, 3.63) is 117 Å². The number of carbonyl (C=O) groups is 4. The first-order valence-corrected chi connectivity index (χ1v) is 19.0. The lowest BCUT2D eigenvalue weighted by atomic mass is 9.68. The number of amides is 3. The second kappa shape index (κ2) is 12.8. The van der Waals surface area contributed by atoms with Crippen LogP contribution in [0.3, 0.4) is 0 Å². The van der Waals surface area contributed by atoms with E-state index in [0.717, 1.165) is 32.7 Å². The lowest BCUT2D eigenvalue weighted by Gasteiger charge is -2.43. The molecule has 3 amide bonds. The van der Waals surface area contributed by atoms with Crippen LogP contribution in [-0.2, 0) is 19.1 Å². The Balaban J connectivity index is 0.969. The number of H-pyrrole nitrogens is 1. The number of aromatic nitrogens is 1. The summed E-state index contributed by atoms with van der Waals surface area (Å²) in [4.78, 5) is 71.2. The van der Waals surface area contributed by atoms with Crippen molar-refractivity contribution in [2.24, 2.45) is 29.6 Å². The van der Waals surface area contributed by atoms with Gasteiger partial charge in [0.25, 0.3) is 5.91 Å². The first-order chi connectivity index (χ1) is 25.3. The minimum Gasteiger partial charge on any atom is -0.484 e. The molecule has 7 atom stereocenters. The van der Waals surface area contributed by atoms with Crippen molar-refractivity contribution in [3.8, 4) is 5.75 Å². The molecule has 9 rings (SSSR count). The van der Waals surface area contributed by atoms with E-state index in [1.54, 1.807) is 43.0 Å². The third kappa shape index (κ3) is 5.35. The summed E-state index contributed by atoms with van der Waals surface area (Å²) < 4.78 is 11.1. The number of fused-ring (bicyclic) bond motifs is 10. The number of hydrogen-bond acceptors (Lipinski definition) is 9. The molecule has 262 valence electrons. The first kappa shape index (κ1) is 32.7. The highest BCUT2D eigenvalue weighted by atomic mass is 32.2. The Bertz CT molecular complexity index is 2340. The Morgan fingerprint density at radius 2 is 1.65 bits per heavy atom. The largest absolute Gasteiger partial charge is 0.484 e. The predicted molar refractivity (Wildman–Crippen MR) is 198 cm³/mol. The zero-order valence-electron chi connectivity index (χ0n) is 27.9. The highest BCUT2D eigenvalue weighted by Gasteiger charge is 2.69. The van der Waals surface area contributed by atoms with Crippen LogP contribution in [0.1, 0.15) is 40.1 Å². The molecule has 1 saturated heterocycles. The third-order valence-corrected chi connectivity index (χ3v) is 13.6. The number of rotatable bonds is 8. The van der Waals surface area contributed by atoms with Gasteiger partial charge >= 0.3 is 10.8 Å². The number of hydrogen-bond donors (Lipinski definition) is 2. The minimum absolute atomic E-state index is 0.00421. The Hall–Kier alpha value is -5.20. The smallest absolute Gasteiger partial charge is 0.338 e. The number of carbonyl (C=O) groups excluding carboxylic acids is 4.